The second kappa shape index (κ2) is 12.3. The molecular weight excluding hydrogens is 495 g/mol. The van der Waals surface area contributed by atoms with Gasteiger partial charge >= 0.3 is 0 Å². The molecule has 4 rings (SSSR count). The number of fused-ring (bicyclic) bond motifs is 1. The highest BCUT2D eigenvalue weighted by atomic mass is 32.1. The van der Waals surface area contributed by atoms with E-state index in [9.17, 15) is 14.0 Å². The molecule has 3 heterocycles. The quantitative estimate of drug-likeness (QED) is 0.429. The molecule has 0 atom stereocenters. The van der Waals surface area contributed by atoms with Crippen molar-refractivity contribution in [3.05, 3.63) is 41.5 Å². The number of benzene rings is 1. The van der Waals surface area contributed by atoms with E-state index in [1.165, 1.54) is 11.3 Å². The highest BCUT2D eigenvalue weighted by molar-refractivity contribution is 7.21. The molecule has 0 unspecified atom stereocenters. The van der Waals surface area contributed by atoms with Gasteiger partial charge in [0.15, 0.2) is 0 Å². The highest BCUT2D eigenvalue weighted by Gasteiger charge is 2.23. The predicted molar refractivity (Wildman–Crippen MR) is 143 cm³/mol. The fraction of sp³-hybridized carbons (Fsp3) is 0.444. The number of pyridine rings is 1. The van der Waals surface area contributed by atoms with Crippen LogP contribution in [0, 0.1) is 0 Å². The van der Waals surface area contributed by atoms with Crippen LogP contribution in [0.15, 0.2) is 36.7 Å². The Kier molecular flexibility index (Phi) is 8.94. The highest BCUT2D eigenvalue weighted by Crippen LogP contribution is 2.39. The van der Waals surface area contributed by atoms with Crippen LogP contribution in [0.5, 0.6) is 11.5 Å². The second-order valence-electron chi connectivity index (χ2n) is 9.05. The Labute approximate surface area is 220 Å². The number of piperidine rings is 1. The van der Waals surface area contributed by atoms with Crippen LogP contribution >= 0.6 is 11.3 Å². The van der Waals surface area contributed by atoms with Gasteiger partial charge in [0.05, 0.1) is 25.3 Å². The number of likely N-dealkylation sites (tertiary alicyclic amines) is 1. The SMILES string of the molecule is CNC(=O)CCN(CCN1CCC(F)CC1)C(=O)c1cc2cc(OC)cc(-c3cncc(OC)c3)c2s1. The monoisotopic (exact) mass is 528 g/mol. The number of rotatable bonds is 10. The first-order valence-corrected chi connectivity index (χ1v) is 13.2. The Morgan fingerprint density at radius 1 is 1.11 bits per heavy atom. The zero-order chi connectivity index (χ0) is 26.4. The fourth-order valence-corrected chi connectivity index (χ4v) is 5.61. The molecule has 0 radical (unpaired) electrons. The molecule has 0 saturated carbocycles. The van der Waals surface area contributed by atoms with Crippen molar-refractivity contribution in [1.29, 1.82) is 0 Å². The zero-order valence-corrected chi connectivity index (χ0v) is 22.3. The number of carbonyl (C=O) groups excluding carboxylic acids is 2. The number of ether oxygens (including phenoxy) is 2. The van der Waals surface area contributed by atoms with Gasteiger partial charge in [-0.05, 0) is 42.5 Å². The Morgan fingerprint density at radius 2 is 1.86 bits per heavy atom. The van der Waals surface area contributed by atoms with Crippen molar-refractivity contribution in [3.8, 4) is 22.6 Å². The normalized spacial score (nSPS) is 14.5. The molecule has 198 valence electrons. The molecule has 0 spiro atoms. The molecule has 8 nitrogen and oxygen atoms in total. The van der Waals surface area contributed by atoms with Crippen molar-refractivity contribution in [2.24, 2.45) is 0 Å². The van der Waals surface area contributed by atoms with Crippen molar-refractivity contribution < 1.29 is 23.5 Å². The van der Waals surface area contributed by atoms with Crippen LogP contribution in [0.3, 0.4) is 0 Å². The molecule has 2 aromatic heterocycles. The third kappa shape index (κ3) is 6.56. The zero-order valence-electron chi connectivity index (χ0n) is 21.5. The van der Waals surface area contributed by atoms with E-state index in [1.807, 2.05) is 24.3 Å². The van der Waals surface area contributed by atoms with Gasteiger partial charge in [-0.2, -0.15) is 0 Å². The maximum absolute atomic E-state index is 13.7. The fourth-order valence-electron chi connectivity index (χ4n) is 4.46. The molecule has 10 heteroatoms. The number of carbonyl (C=O) groups is 2. The number of halogens is 1. The van der Waals surface area contributed by atoms with Gasteiger partial charge in [-0.25, -0.2) is 4.39 Å². The Balaban J connectivity index is 1.63. The molecule has 3 aromatic rings. The summed E-state index contributed by atoms with van der Waals surface area (Å²) in [4.78, 5) is 34.4. The van der Waals surface area contributed by atoms with Gasteiger partial charge in [0.2, 0.25) is 5.91 Å². The molecule has 37 heavy (non-hydrogen) atoms. The van der Waals surface area contributed by atoms with Gasteiger partial charge in [0.1, 0.15) is 17.7 Å². The van der Waals surface area contributed by atoms with Crippen molar-refractivity contribution in [1.82, 2.24) is 20.1 Å². The van der Waals surface area contributed by atoms with Crippen LogP contribution in [0.2, 0.25) is 0 Å². The van der Waals surface area contributed by atoms with Gasteiger partial charge in [-0.1, -0.05) is 0 Å². The van der Waals surface area contributed by atoms with Crippen LogP contribution in [0.25, 0.3) is 21.2 Å². The van der Waals surface area contributed by atoms with E-state index in [0.717, 1.165) is 21.2 Å². The van der Waals surface area contributed by atoms with Gasteiger partial charge in [-0.15, -0.1) is 11.3 Å². The molecule has 1 aliphatic heterocycles. The lowest BCUT2D eigenvalue weighted by atomic mass is 10.0. The second-order valence-corrected chi connectivity index (χ2v) is 10.1. The number of nitrogens with one attached hydrogen (secondary N) is 1. The number of hydrogen-bond donors (Lipinski definition) is 1. The first-order valence-electron chi connectivity index (χ1n) is 12.4. The summed E-state index contributed by atoms with van der Waals surface area (Å²) >= 11 is 1.41. The van der Waals surface area contributed by atoms with Crippen LogP contribution in [-0.4, -0.2) is 86.8 Å². The molecule has 0 aliphatic carbocycles. The smallest absolute Gasteiger partial charge is 0.264 e. The molecule has 1 saturated heterocycles. The molecule has 1 fully saturated rings. The van der Waals surface area contributed by atoms with Crippen LogP contribution < -0.4 is 14.8 Å². The molecule has 1 aliphatic rings. The summed E-state index contributed by atoms with van der Waals surface area (Å²) in [6, 6.07) is 7.62. The number of methoxy groups -OCH3 is 2. The Bertz CT molecular complexity index is 1240. The average Bonchev–Trinajstić information content (AvgIpc) is 3.37. The van der Waals surface area contributed by atoms with Crippen molar-refractivity contribution in [2.75, 3.05) is 54.0 Å². The van der Waals surface area contributed by atoms with Crippen molar-refractivity contribution in [3.63, 3.8) is 0 Å². The standard InChI is InChI=1S/C27H33FN4O4S/c1-29-25(33)6-9-32(11-10-31-7-4-20(28)5-8-31)27(34)24-14-18-12-21(35-2)15-23(26(18)37-24)19-13-22(36-3)17-30-16-19/h12-17,20H,4-11H2,1-3H3,(H,29,33). The number of nitrogens with zero attached hydrogens (tertiary/aromatic N) is 3. The molecule has 1 aromatic carbocycles. The minimum atomic E-state index is -0.744. The molecular formula is C27H33FN4O4S. The summed E-state index contributed by atoms with van der Waals surface area (Å²) < 4.78 is 25.4. The van der Waals surface area contributed by atoms with E-state index in [2.05, 4.69) is 15.2 Å². The summed E-state index contributed by atoms with van der Waals surface area (Å²) in [5.74, 6) is 1.07. The van der Waals surface area contributed by atoms with E-state index >= 15 is 0 Å². The average molecular weight is 529 g/mol. The van der Waals surface area contributed by atoms with Gasteiger partial charge in [-0.3, -0.25) is 14.6 Å². The van der Waals surface area contributed by atoms with E-state index in [0.29, 0.717) is 61.9 Å². The summed E-state index contributed by atoms with van der Waals surface area (Å²) in [7, 11) is 4.79. The summed E-state index contributed by atoms with van der Waals surface area (Å²) in [6.45, 7) is 2.78. The van der Waals surface area contributed by atoms with Crippen molar-refractivity contribution in [2.45, 2.75) is 25.4 Å². The lowest BCUT2D eigenvalue weighted by Crippen LogP contribution is -2.43. The van der Waals surface area contributed by atoms with E-state index < -0.39 is 6.17 Å². The maximum atomic E-state index is 13.7. The minimum absolute atomic E-state index is 0.120. The summed E-state index contributed by atoms with van der Waals surface area (Å²) in [5.41, 5.74) is 1.76. The molecule has 2 amide bonds. The van der Waals surface area contributed by atoms with E-state index in [1.54, 1.807) is 38.6 Å². The van der Waals surface area contributed by atoms with Crippen LogP contribution in [0.1, 0.15) is 28.9 Å². The van der Waals surface area contributed by atoms with Gasteiger partial charge in [0, 0.05) is 68.2 Å². The minimum Gasteiger partial charge on any atom is -0.497 e. The summed E-state index contributed by atoms with van der Waals surface area (Å²) in [5, 5.41) is 3.51. The first-order chi connectivity index (χ1) is 17.9. The van der Waals surface area contributed by atoms with Gasteiger partial charge < -0.3 is 24.6 Å². The molecule has 0 bridgehead atoms. The third-order valence-corrected chi connectivity index (χ3v) is 7.85. The topological polar surface area (TPSA) is 84.0 Å². The number of amides is 2. The number of hydrogen-bond acceptors (Lipinski definition) is 7. The maximum Gasteiger partial charge on any atom is 0.264 e. The van der Waals surface area contributed by atoms with Crippen LogP contribution in [-0.2, 0) is 4.79 Å². The predicted octanol–water partition coefficient (Wildman–Crippen LogP) is 3.99. The molecule has 1 N–H and O–H groups in total. The van der Waals surface area contributed by atoms with Crippen LogP contribution in [0.4, 0.5) is 4.39 Å². The van der Waals surface area contributed by atoms with Gasteiger partial charge in [0.25, 0.3) is 5.91 Å². The largest absolute Gasteiger partial charge is 0.497 e. The number of aromatic nitrogens is 1. The Hall–Kier alpha value is -3.24. The summed E-state index contributed by atoms with van der Waals surface area (Å²) in [6.07, 6.45) is 3.91. The Morgan fingerprint density at radius 3 is 2.57 bits per heavy atom. The van der Waals surface area contributed by atoms with E-state index in [4.69, 9.17) is 9.47 Å². The third-order valence-electron chi connectivity index (χ3n) is 6.67. The lowest BCUT2D eigenvalue weighted by molar-refractivity contribution is -0.120. The first kappa shape index (κ1) is 26.8. The van der Waals surface area contributed by atoms with Crippen molar-refractivity contribution >= 4 is 33.2 Å². The number of alkyl halides is 1. The number of thiophene rings is 1. The van der Waals surface area contributed by atoms with E-state index in [-0.39, 0.29) is 18.2 Å². The lowest BCUT2D eigenvalue weighted by Gasteiger charge is -2.31.